The summed E-state index contributed by atoms with van der Waals surface area (Å²) in [5.41, 5.74) is 2.22. The van der Waals surface area contributed by atoms with Crippen molar-refractivity contribution < 1.29 is 38.4 Å². The molecule has 1 saturated heterocycles. The smallest absolute Gasteiger partial charge is 0.330 e. The highest BCUT2D eigenvalue weighted by Crippen LogP contribution is 2.36. The Bertz CT molecular complexity index is 1030. The lowest BCUT2D eigenvalue weighted by Crippen LogP contribution is -2.33. The van der Waals surface area contributed by atoms with Crippen LogP contribution < -0.4 is 0 Å². The van der Waals surface area contributed by atoms with E-state index in [2.05, 4.69) is 19.6 Å². The molecule has 9 unspecified atom stereocenters. The van der Waals surface area contributed by atoms with Crippen LogP contribution in [0.1, 0.15) is 65.7 Å². The number of hydrogen-bond acceptors (Lipinski definition) is 8. The van der Waals surface area contributed by atoms with Crippen LogP contribution in [0.5, 0.6) is 0 Å². The van der Waals surface area contributed by atoms with Crippen molar-refractivity contribution >= 4 is 11.9 Å². The van der Waals surface area contributed by atoms with Crippen molar-refractivity contribution in [3.63, 3.8) is 0 Å². The molecule has 0 amide bonds. The van der Waals surface area contributed by atoms with Crippen LogP contribution in [0.25, 0.3) is 0 Å². The van der Waals surface area contributed by atoms with E-state index in [1.807, 2.05) is 25.2 Å². The van der Waals surface area contributed by atoms with E-state index in [1.54, 1.807) is 12.2 Å². The monoisotopic (exact) mass is 556 g/mol. The fourth-order valence-electron chi connectivity index (χ4n) is 5.75. The molecular weight excluding hydrogens is 512 g/mol. The van der Waals surface area contributed by atoms with E-state index in [0.717, 1.165) is 31.3 Å². The van der Waals surface area contributed by atoms with Crippen LogP contribution >= 0.6 is 0 Å². The quantitative estimate of drug-likeness (QED) is 0.303. The minimum absolute atomic E-state index is 0.0937. The van der Waals surface area contributed by atoms with Gasteiger partial charge >= 0.3 is 11.9 Å². The number of aliphatic hydroxyl groups is 1. The standard InChI is InChI=1S/C32H44O8/c1-20-13-14-36-25(16-20)11-12-27(34)28-19-30-32(40-30)29(37-23(4)33)18-22(3)15-21(2)17-26-9-5-7-24(38-26)8-6-10-31(35)39-28/h5-7,10-13,21,24-30,32,34H,3,8-9,14-19H2,1-2,4H3. The molecule has 2 bridgehead atoms. The van der Waals surface area contributed by atoms with Crippen LogP contribution in [0.2, 0.25) is 0 Å². The third-order valence-corrected chi connectivity index (χ3v) is 7.74. The van der Waals surface area contributed by atoms with E-state index < -0.39 is 24.3 Å². The normalized spacial score (nSPS) is 36.5. The maximum atomic E-state index is 12.8. The van der Waals surface area contributed by atoms with Crippen LogP contribution in [-0.4, -0.2) is 72.5 Å². The highest BCUT2D eigenvalue weighted by molar-refractivity contribution is 5.82. The van der Waals surface area contributed by atoms with E-state index in [9.17, 15) is 14.7 Å². The second-order valence-electron chi connectivity index (χ2n) is 11.6. The van der Waals surface area contributed by atoms with Crippen LogP contribution in [0, 0.1) is 5.92 Å². The first-order chi connectivity index (χ1) is 19.2. The predicted octanol–water partition coefficient (Wildman–Crippen LogP) is 4.68. The van der Waals surface area contributed by atoms with Gasteiger partial charge in [0, 0.05) is 25.8 Å². The Labute approximate surface area is 237 Å². The Morgan fingerprint density at radius 2 is 2.00 bits per heavy atom. The van der Waals surface area contributed by atoms with Crippen LogP contribution in [0.15, 0.2) is 60.3 Å². The molecule has 220 valence electrons. The zero-order valence-electron chi connectivity index (χ0n) is 23.9. The number of epoxide rings is 1. The molecule has 0 saturated carbocycles. The lowest BCUT2D eigenvalue weighted by Gasteiger charge is -2.28. The van der Waals surface area contributed by atoms with Crippen molar-refractivity contribution in [1.29, 1.82) is 0 Å². The molecule has 1 fully saturated rings. The Hall–Kier alpha value is -2.52. The molecule has 0 aromatic rings. The molecular formula is C32H44O8. The largest absolute Gasteiger partial charge is 0.459 e. The van der Waals surface area contributed by atoms with Gasteiger partial charge in [0.2, 0.25) is 0 Å². The number of carbonyl (C=O) groups excluding carboxylic acids is 2. The van der Waals surface area contributed by atoms with Crippen molar-refractivity contribution in [2.75, 3.05) is 6.61 Å². The van der Waals surface area contributed by atoms with Gasteiger partial charge in [-0.05, 0) is 44.9 Å². The number of rotatable bonds is 4. The summed E-state index contributed by atoms with van der Waals surface area (Å²) in [5, 5.41) is 11.0. The summed E-state index contributed by atoms with van der Waals surface area (Å²) in [6, 6.07) is 0. The predicted molar refractivity (Wildman–Crippen MR) is 150 cm³/mol. The topological polar surface area (TPSA) is 104 Å². The fraction of sp³-hybridized carbons (Fsp3) is 0.625. The fourth-order valence-corrected chi connectivity index (χ4v) is 5.75. The maximum absolute atomic E-state index is 12.8. The molecule has 4 aliphatic rings. The third-order valence-electron chi connectivity index (χ3n) is 7.74. The van der Waals surface area contributed by atoms with Crippen molar-refractivity contribution in [3.05, 3.63) is 60.3 Å². The molecule has 0 aliphatic carbocycles. The molecule has 4 rings (SSSR count). The average molecular weight is 557 g/mol. The van der Waals surface area contributed by atoms with E-state index in [0.29, 0.717) is 25.4 Å². The molecule has 4 aliphatic heterocycles. The number of fused-ring (bicyclic) bond motifs is 3. The van der Waals surface area contributed by atoms with Gasteiger partial charge in [0.15, 0.2) is 0 Å². The summed E-state index contributed by atoms with van der Waals surface area (Å²) in [6.07, 6.45) is 14.1. The van der Waals surface area contributed by atoms with Gasteiger partial charge in [-0.3, -0.25) is 4.79 Å². The molecule has 1 N–H and O–H groups in total. The number of hydrogen-bond donors (Lipinski definition) is 1. The van der Waals surface area contributed by atoms with Gasteiger partial charge in [-0.1, -0.05) is 61.1 Å². The molecule has 0 spiro atoms. The third kappa shape index (κ3) is 9.54. The lowest BCUT2D eigenvalue weighted by atomic mass is 9.90. The van der Waals surface area contributed by atoms with Gasteiger partial charge in [0.1, 0.15) is 24.4 Å². The summed E-state index contributed by atoms with van der Waals surface area (Å²) >= 11 is 0. The molecule has 8 nitrogen and oxygen atoms in total. The SMILES string of the molecule is C=C1CC(C)CC2CC=CC(CC=CC(=O)OC(C(O)C=CC3CC(C)=CCO3)CC3OC3C(OC(C)=O)C1)O2. The van der Waals surface area contributed by atoms with E-state index in [-0.39, 0.29) is 42.9 Å². The minimum atomic E-state index is -1.06. The van der Waals surface area contributed by atoms with Crippen LogP contribution in [-0.2, 0) is 33.3 Å². The molecule has 0 aromatic carbocycles. The number of ether oxygens (including phenoxy) is 5. The summed E-state index contributed by atoms with van der Waals surface area (Å²) in [7, 11) is 0. The van der Waals surface area contributed by atoms with Crippen molar-refractivity contribution in [3.8, 4) is 0 Å². The van der Waals surface area contributed by atoms with E-state index in [1.165, 1.54) is 18.6 Å². The number of aliphatic hydroxyl groups excluding tert-OH is 1. The molecule has 8 heteroatoms. The number of carbonyl (C=O) groups is 2. The Morgan fingerprint density at radius 1 is 1.18 bits per heavy atom. The molecule has 4 heterocycles. The number of esters is 2. The molecule has 9 atom stereocenters. The summed E-state index contributed by atoms with van der Waals surface area (Å²) in [6.45, 7) is 10.4. The van der Waals surface area contributed by atoms with Gasteiger partial charge in [-0.15, -0.1) is 0 Å². The second-order valence-corrected chi connectivity index (χ2v) is 11.6. The Balaban J connectivity index is 1.50. The summed E-state index contributed by atoms with van der Waals surface area (Å²) < 4.78 is 29.3. The first-order valence-corrected chi connectivity index (χ1v) is 14.5. The van der Waals surface area contributed by atoms with E-state index in [4.69, 9.17) is 23.7 Å². The first-order valence-electron chi connectivity index (χ1n) is 14.5. The number of cyclic esters (lactones) is 1. The Morgan fingerprint density at radius 3 is 2.77 bits per heavy atom. The van der Waals surface area contributed by atoms with Gasteiger partial charge in [-0.25, -0.2) is 4.79 Å². The summed E-state index contributed by atoms with van der Waals surface area (Å²) in [4.78, 5) is 24.7. The van der Waals surface area contributed by atoms with Crippen molar-refractivity contribution in [2.45, 2.75) is 115 Å². The van der Waals surface area contributed by atoms with Gasteiger partial charge in [-0.2, -0.15) is 0 Å². The lowest BCUT2D eigenvalue weighted by molar-refractivity contribution is -0.148. The van der Waals surface area contributed by atoms with Gasteiger partial charge in [0.25, 0.3) is 0 Å². The highest BCUT2D eigenvalue weighted by atomic mass is 16.6. The zero-order chi connectivity index (χ0) is 28.6. The molecule has 40 heavy (non-hydrogen) atoms. The zero-order valence-corrected chi connectivity index (χ0v) is 23.9. The van der Waals surface area contributed by atoms with E-state index >= 15 is 0 Å². The van der Waals surface area contributed by atoms with Crippen molar-refractivity contribution in [2.24, 2.45) is 5.92 Å². The average Bonchev–Trinajstić information content (AvgIpc) is 3.65. The van der Waals surface area contributed by atoms with Gasteiger partial charge < -0.3 is 28.8 Å². The maximum Gasteiger partial charge on any atom is 0.330 e. The summed E-state index contributed by atoms with van der Waals surface area (Å²) in [5.74, 6) is -0.580. The van der Waals surface area contributed by atoms with Crippen molar-refractivity contribution in [1.82, 2.24) is 0 Å². The van der Waals surface area contributed by atoms with Crippen LogP contribution in [0.3, 0.4) is 0 Å². The minimum Gasteiger partial charge on any atom is -0.459 e. The first kappa shape index (κ1) is 30.4. The molecule has 0 radical (unpaired) electrons. The van der Waals surface area contributed by atoms with Gasteiger partial charge in [0.05, 0.1) is 31.0 Å². The van der Waals surface area contributed by atoms with Crippen LogP contribution in [0.4, 0.5) is 0 Å². The Kier molecular flexibility index (Phi) is 11.0. The second kappa shape index (κ2) is 14.4. The molecule has 0 aromatic heterocycles. The highest BCUT2D eigenvalue weighted by Gasteiger charge is 2.48.